The fourth-order valence-electron chi connectivity index (χ4n) is 1.67. The first-order chi connectivity index (χ1) is 8.19. The van der Waals surface area contributed by atoms with Crippen molar-refractivity contribution in [2.45, 2.75) is 12.8 Å². The van der Waals surface area contributed by atoms with Crippen molar-refractivity contribution in [3.63, 3.8) is 0 Å². The van der Waals surface area contributed by atoms with Crippen molar-refractivity contribution in [3.8, 4) is 17.2 Å². The minimum Gasteiger partial charge on any atom is -0.495 e. The minimum absolute atomic E-state index is 0.371. The molecule has 0 heterocycles. The summed E-state index contributed by atoms with van der Waals surface area (Å²) in [6.45, 7) is 0. The Bertz CT molecular complexity index is 404. The molecule has 94 valence electrons. The Hall–Kier alpha value is -1.42. The Kier molecular flexibility index (Phi) is 5.10. The topological polar surface area (TPSA) is 44.8 Å². The Morgan fingerprint density at radius 1 is 1.18 bits per heavy atom. The molecule has 0 aliphatic heterocycles. The first kappa shape index (κ1) is 13.6. The lowest BCUT2D eigenvalue weighted by molar-refractivity contribution is -0.107. The minimum atomic E-state index is 0.371. The Morgan fingerprint density at radius 2 is 1.82 bits per heavy atom. The van der Waals surface area contributed by atoms with Gasteiger partial charge in [-0.15, -0.1) is 0 Å². The van der Waals surface area contributed by atoms with Crippen LogP contribution in [0.4, 0.5) is 0 Å². The molecule has 5 heteroatoms. The molecule has 0 aromatic heterocycles. The van der Waals surface area contributed by atoms with Gasteiger partial charge >= 0.3 is 0 Å². The van der Waals surface area contributed by atoms with E-state index in [2.05, 4.69) is 0 Å². The first-order valence-corrected chi connectivity index (χ1v) is 5.48. The van der Waals surface area contributed by atoms with E-state index in [0.29, 0.717) is 35.1 Å². The van der Waals surface area contributed by atoms with E-state index in [1.807, 2.05) is 0 Å². The maximum absolute atomic E-state index is 10.5. The second-order valence-corrected chi connectivity index (χ2v) is 3.72. The molecule has 17 heavy (non-hydrogen) atoms. The summed E-state index contributed by atoms with van der Waals surface area (Å²) in [4.78, 5) is 10.5. The molecule has 0 saturated heterocycles. The molecule has 1 aromatic rings. The molecular formula is C12H15ClO4. The van der Waals surface area contributed by atoms with E-state index < -0.39 is 0 Å². The first-order valence-electron chi connectivity index (χ1n) is 5.10. The molecule has 0 fully saturated rings. The Balaban J connectivity index is 3.35. The Labute approximate surface area is 105 Å². The number of ether oxygens (including phenoxy) is 3. The predicted octanol–water partition coefficient (Wildman–Crippen LogP) is 2.50. The Morgan fingerprint density at radius 3 is 2.29 bits per heavy atom. The van der Waals surface area contributed by atoms with Crippen LogP contribution in [0.5, 0.6) is 17.2 Å². The lowest BCUT2D eigenvalue weighted by Crippen LogP contribution is -2.01. The van der Waals surface area contributed by atoms with Gasteiger partial charge < -0.3 is 19.0 Å². The maximum Gasteiger partial charge on any atom is 0.167 e. The van der Waals surface area contributed by atoms with Crippen LogP contribution in [0.15, 0.2) is 6.07 Å². The van der Waals surface area contributed by atoms with Crippen LogP contribution in [0.3, 0.4) is 0 Å². The standard InChI is InChI=1S/C12H15ClO4/c1-15-10-7-9(13)11(16-2)8(5-4-6-14)12(10)17-3/h6-7H,4-5H2,1-3H3. The number of halogens is 1. The molecule has 1 aromatic carbocycles. The number of methoxy groups -OCH3 is 3. The van der Waals surface area contributed by atoms with Crippen LogP contribution in [-0.2, 0) is 11.2 Å². The normalized spacial score (nSPS) is 9.88. The van der Waals surface area contributed by atoms with E-state index in [9.17, 15) is 4.79 Å². The molecule has 0 radical (unpaired) electrons. The largest absolute Gasteiger partial charge is 0.495 e. The van der Waals surface area contributed by atoms with Crippen molar-refractivity contribution in [1.82, 2.24) is 0 Å². The van der Waals surface area contributed by atoms with Crippen LogP contribution in [0, 0.1) is 0 Å². The van der Waals surface area contributed by atoms with E-state index in [1.54, 1.807) is 6.07 Å². The van der Waals surface area contributed by atoms with Gasteiger partial charge in [0, 0.05) is 18.1 Å². The zero-order valence-electron chi connectivity index (χ0n) is 10.1. The number of hydrogen-bond donors (Lipinski definition) is 0. The summed E-state index contributed by atoms with van der Waals surface area (Å²) in [5.41, 5.74) is 0.742. The summed E-state index contributed by atoms with van der Waals surface area (Å²) in [7, 11) is 4.59. The lowest BCUT2D eigenvalue weighted by Gasteiger charge is -2.16. The average molecular weight is 259 g/mol. The molecule has 0 spiro atoms. The van der Waals surface area contributed by atoms with Crippen LogP contribution in [0.1, 0.15) is 12.0 Å². The van der Waals surface area contributed by atoms with E-state index >= 15 is 0 Å². The second-order valence-electron chi connectivity index (χ2n) is 3.31. The van der Waals surface area contributed by atoms with Gasteiger partial charge in [0.2, 0.25) is 0 Å². The van der Waals surface area contributed by atoms with Crippen molar-refractivity contribution in [1.29, 1.82) is 0 Å². The molecule has 4 nitrogen and oxygen atoms in total. The summed E-state index contributed by atoms with van der Waals surface area (Å²) in [5.74, 6) is 1.60. The molecule has 1 rings (SSSR count). The molecular weight excluding hydrogens is 244 g/mol. The molecule has 0 unspecified atom stereocenters. The van der Waals surface area contributed by atoms with Gasteiger partial charge in [0.1, 0.15) is 12.0 Å². The average Bonchev–Trinajstić information content (AvgIpc) is 2.35. The van der Waals surface area contributed by atoms with Crippen molar-refractivity contribution >= 4 is 17.9 Å². The molecule has 0 aliphatic rings. The third kappa shape index (κ3) is 2.82. The van der Waals surface area contributed by atoms with Crippen LogP contribution in [0.2, 0.25) is 5.02 Å². The van der Waals surface area contributed by atoms with Gasteiger partial charge in [-0.2, -0.15) is 0 Å². The molecule has 0 bridgehead atoms. The molecule has 0 saturated carbocycles. The van der Waals surface area contributed by atoms with Crippen molar-refractivity contribution in [3.05, 3.63) is 16.7 Å². The van der Waals surface area contributed by atoms with E-state index in [-0.39, 0.29) is 0 Å². The SMILES string of the molecule is COc1cc(Cl)c(OC)c(CCC=O)c1OC. The van der Waals surface area contributed by atoms with Crippen LogP contribution < -0.4 is 14.2 Å². The third-order valence-electron chi connectivity index (χ3n) is 2.39. The van der Waals surface area contributed by atoms with Gasteiger partial charge in [0.25, 0.3) is 0 Å². The van der Waals surface area contributed by atoms with Crippen LogP contribution in [0.25, 0.3) is 0 Å². The summed E-state index contributed by atoms with van der Waals surface area (Å²) >= 11 is 6.07. The number of carbonyl (C=O) groups excluding carboxylic acids is 1. The van der Waals surface area contributed by atoms with Gasteiger partial charge in [0.15, 0.2) is 11.5 Å². The quantitative estimate of drug-likeness (QED) is 0.736. The third-order valence-corrected chi connectivity index (χ3v) is 2.67. The zero-order chi connectivity index (χ0) is 12.8. The van der Waals surface area contributed by atoms with Crippen molar-refractivity contribution < 1.29 is 19.0 Å². The van der Waals surface area contributed by atoms with Gasteiger partial charge in [-0.25, -0.2) is 0 Å². The molecule has 0 aliphatic carbocycles. The van der Waals surface area contributed by atoms with Crippen LogP contribution >= 0.6 is 11.6 Å². The summed E-state index contributed by atoms with van der Waals surface area (Å²) in [6, 6.07) is 1.63. The second kappa shape index (κ2) is 6.35. The van der Waals surface area contributed by atoms with Crippen molar-refractivity contribution in [2.75, 3.05) is 21.3 Å². The van der Waals surface area contributed by atoms with Crippen molar-refractivity contribution in [2.24, 2.45) is 0 Å². The van der Waals surface area contributed by atoms with Gasteiger partial charge in [-0.3, -0.25) is 0 Å². The number of carbonyl (C=O) groups is 1. The molecule has 0 amide bonds. The highest BCUT2D eigenvalue weighted by Gasteiger charge is 2.19. The highest BCUT2D eigenvalue weighted by Crippen LogP contribution is 2.43. The van der Waals surface area contributed by atoms with Gasteiger partial charge in [-0.1, -0.05) is 11.6 Å². The molecule has 0 atom stereocenters. The maximum atomic E-state index is 10.5. The van der Waals surface area contributed by atoms with E-state index in [0.717, 1.165) is 11.8 Å². The summed E-state index contributed by atoms with van der Waals surface area (Å²) < 4.78 is 15.7. The number of hydrogen-bond acceptors (Lipinski definition) is 4. The van der Waals surface area contributed by atoms with Crippen LogP contribution in [-0.4, -0.2) is 27.6 Å². The smallest absolute Gasteiger partial charge is 0.167 e. The monoisotopic (exact) mass is 258 g/mol. The predicted molar refractivity (Wildman–Crippen MR) is 65.5 cm³/mol. The highest BCUT2D eigenvalue weighted by atomic mass is 35.5. The molecule has 0 N–H and O–H groups in total. The summed E-state index contributed by atoms with van der Waals surface area (Å²) in [6.07, 6.45) is 1.70. The van der Waals surface area contributed by atoms with Gasteiger partial charge in [-0.05, 0) is 6.42 Å². The fourth-order valence-corrected chi connectivity index (χ4v) is 1.96. The zero-order valence-corrected chi connectivity index (χ0v) is 10.8. The van der Waals surface area contributed by atoms with Gasteiger partial charge in [0.05, 0.1) is 26.4 Å². The summed E-state index contributed by atoms with van der Waals surface area (Å²) in [5, 5.41) is 0.436. The number of benzene rings is 1. The van der Waals surface area contributed by atoms with E-state index in [1.165, 1.54) is 21.3 Å². The highest BCUT2D eigenvalue weighted by molar-refractivity contribution is 6.32. The number of rotatable bonds is 6. The lowest BCUT2D eigenvalue weighted by atomic mass is 10.1. The fraction of sp³-hybridized carbons (Fsp3) is 0.417. The van der Waals surface area contributed by atoms with E-state index in [4.69, 9.17) is 25.8 Å². The number of aldehydes is 1.